The van der Waals surface area contributed by atoms with Crippen LogP contribution in [0, 0.1) is 0 Å². The van der Waals surface area contributed by atoms with Crippen molar-refractivity contribution < 1.29 is 13.2 Å². The SMILES string of the molecule is COc1ccc(NS(=O)(=O)c2cc3cc(Cl)ccc3s2)cc1N1C[C@@H](C)N[C@@H](C)C1. The van der Waals surface area contributed by atoms with Crippen LogP contribution in [-0.4, -0.2) is 40.7 Å². The van der Waals surface area contributed by atoms with Crippen molar-refractivity contribution in [2.24, 2.45) is 0 Å². The molecule has 0 saturated carbocycles. The number of halogens is 1. The number of nitrogens with zero attached hydrogens (tertiary/aromatic N) is 1. The molecule has 160 valence electrons. The van der Waals surface area contributed by atoms with Gasteiger partial charge in [0.05, 0.1) is 18.5 Å². The van der Waals surface area contributed by atoms with Gasteiger partial charge in [0, 0.05) is 34.9 Å². The molecule has 0 amide bonds. The van der Waals surface area contributed by atoms with Crippen molar-refractivity contribution in [1.29, 1.82) is 0 Å². The average molecular weight is 466 g/mol. The fraction of sp³-hybridized carbons (Fsp3) is 0.333. The third-order valence-electron chi connectivity index (χ3n) is 5.05. The molecule has 0 unspecified atom stereocenters. The summed E-state index contributed by atoms with van der Waals surface area (Å²) in [5.41, 5.74) is 1.38. The molecule has 1 aromatic heterocycles. The van der Waals surface area contributed by atoms with Gasteiger partial charge in [-0.1, -0.05) is 11.6 Å². The zero-order valence-corrected chi connectivity index (χ0v) is 19.4. The van der Waals surface area contributed by atoms with Crippen LogP contribution in [0.5, 0.6) is 5.75 Å². The molecule has 2 atom stereocenters. The van der Waals surface area contributed by atoms with Gasteiger partial charge in [0.1, 0.15) is 9.96 Å². The zero-order chi connectivity index (χ0) is 21.5. The van der Waals surface area contributed by atoms with Gasteiger partial charge in [-0.25, -0.2) is 8.42 Å². The van der Waals surface area contributed by atoms with Gasteiger partial charge in [-0.3, -0.25) is 4.72 Å². The number of rotatable bonds is 5. The number of hydrogen-bond acceptors (Lipinski definition) is 6. The minimum absolute atomic E-state index is 0.251. The van der Waals surface area contributed by atoms with E-state index < -0.39 is 10.0 Å². The second-order valence-electron chi connectivity index (χ2n) is 7.61. The third kappa shape index (κ3) is 4.37. The summed E-state index contributed by atoms with van der Waals surface area (Å²) < 4.78 is 35.4. The van der Waals surface area contributed by atoms with Crippen molar-refractivity contribution in [3.63, 3.8) is 0 Å². The highest BCUT2D eigenvalue weighted by molar-refractivity contribution is 7.94. The number of hydrogen-bond donors (Lipinski definition) is 2. The Morgan fingerprint density at radius 2 is 1.87 bits per heavy atom. The van der Waals surface area contributed by atoms with Crippen molar-refractivity contribution in [2.75, 3.05) is 29.8 Å². The lowest BCUT2D eigenvalue weighted by molar-refractivity contribution is 0.391. The van der Waals surface area contributed by atoms with E-state index in [2.05, 4.69) is 28.8 Å². The summed E-state index contributed by atoms with van der Waals surface area (Å²) in [6.07, 6.45) is 0. The van der Waals surface area contributed by atoms with Gasteiger partial charge in [0.15, 0.2) is 0 Å². The van der Waals surface area contributed by atoms with Crippen molar-refractivity contribution >= 4 is 54.4 Å². The van der Waals surface area contributed by atoms with Crippen LogP contribution in [0.25, 0.3) is 10.1 Å². The van der Waals surface area contributed by atoms with Crippen LogP contribution in [0.4, 0.5) is 11.4 Å². The van der Waals surface area contributed by atoms with Gasteiger partial charge < -0.3 is 15.0 Å². The summed E-state index contributed by atoms with van der Waals surface area (Å²) in [5, 5.41) is 4.90. The first-order chi connectivity index (χ1) is 14.2. The maximum atomic E-state index is 13.0. The Morgan fingerprint density at radius 1 is 1.13 bits per heavy atom. The van der Waals surface area contributed by atoms with Gasteiger partial charge in [-0.05, 0) is 61.7 Å². The van der Waals surface area contributed by atoms with Crippen LogP contribution >= 0.6 is 22.9 Å². The molecule has 1 fully saturated rings. The fourth-order valence-corrected chi connectivity index (χ4v) is 6.46. The molecular formula is C21H24ClN3O3S2. The molecule has 9 heteroatoms. The summed E-state index contributed by atoms with van der Waals surface area (Å²) in [5.74, 6) is 0.718. The van der Waals surface area contributed by atoms with Crippen molar-refractivity contribution in [3.05, 3.63) is 47.5 Å². The van der Waals surface area contributed by atoms with Crippen LogP contribution in [0.15, 0.2) is 46.7 Å². The maximum Gasteiger partial charge on any atom is 0.271 e. The molecule has 1 aliphatic rings. The topological polar surface area (TPSA) is 70.7 Å². The first-order valence-electron chi connectivity index (χ1n) is 9.66. The molecule has 0 aliphatic carbocycles. The summed E-state index contributed by atoms with van der Waals surface area (Å²) >= 11 is 7.25. The molecule has 2 aromatic carbocycles. The summed E-state index contributed by atoms with van der Waals surface area (Å²) in [6, 6.07) is 13.0. The van der Waals surface area contributed by atoms with Crippen molar-refractivity contribution in [1.82, 2.24) is 5.32 Å². The van der Waals surface area contributed by atoms with E-state index in [1.54, 1.807) is 37.4 Å². The molecule has 6 nitrogen and oxygen atoms in total. The number of ether oxygens (including phenoxy) is 1. The Balaban J connectivity index is 1.65. The number of piperazine rings is 1. The number of benzene rings is 2. The predicted molar refractivity (Wildman–Crippen MR) is 125 cm³/mol. The Bertz CT molecular complexity index is 1170. The van der Waals surface area contributed by atoms with E-state index in [1.807, 2.05) is 12.1 Å². The van der Waals surface area contributed by atoms with E-state index in [0.717, 1.165) is 34.6 Å². The fourth-order valence-electron chi connectivity index (χ4n) is 3.85. The molecule has 4 rings (SSSR count). The van der Waals surface area contributed by atoms with Gasteiger partial charge in [0.2, 0.25) is 0 Å². The first-order valence-corrected chi connectivity index (χ1v) is 12.3. The van der Waals surface area contributed by atoms with Crippen LogP contribution in [0.3, 0.4) is 0 Å². The summed E-state index contributed by atoms with van der Waals surface area (Å²) in [6.45, 7) is 5.90. The minimum Gasteiger partial charge on any atom is -0.495 e. The second-order valence-corrected chi connectivity index (χ2v) is 11.0. The van der Waals surface area contributed by atoms with Gasteiger partial charge >= 0.3 is 0 Å². The molecule has 1 aliphatic heterocycles. The first kappa shape index (κ1) is 21.2. The maximum absolute atomic E-state index is 13.0. The van der Waals surface area contributed by atoms with Gasteiger partial charge in [-0.2, -0.15) is 0 Å². The Kier molecular flexibility index (Phi) is 5.85. The molecule has 0 bridgehead atoms. The number of nitrogens with one attached hydrogen (secondary N) is 2. The number of fused-ring (bicyclic) bond motifs is 1. The Labute approximate surface area is 185 Å². The Hall–Kier alpha value is -2.00. The smallest absolute Gasteiger partial charge is 0.271 e. The van der Waals surface area contributed by atoms with Crippen LogP contribution in [0.1, 0.15) is 13.8 Å². The molecule has 30 heavy (non-hydrogen) atoms. The van der Waals surface area contributed by atoms with E-state index >= 15 is 0 Å². The third-order valence-corrected chi connectivity index (χ3v) is 8.26. The zero-order valence-electron chi connectivity index (χ0n) is 17.0. The highest BCUT2D eigenvalue weighted by Gasteiger charge is 2.24. The standard InChI is InChI=1S/C21H24ClN3O3S2/c1-13-11-25(12-14(2)23-13)18-10-17(5-6-19(18)28-3)24-30(26,27)21-9-15-8-16(22)4-7-20(15)29-21/h4-10,13-14,23-24H,11-12H2,1-3H3/t13-,14+. The monoisotopic (exact) mass is 465 g/mol. The van der Waals surface area contributed by atoms with E-state index in [4.69, 9.17) is 16.3 Å². The average Bonchev–Trinajstić information content (AvgIpc) is 3.11. The Morgan fingerprint density at radius 3 is 2.57 bits per heavy atom. The van der Waals surface area contributed by atoms with Crippen molar-refractivity contribution in [3.8, 4) is 5.75 Å². The second kappa shape index (κ2) is 8.26. The molecule has 3 aromatic rings. The van der Waals surface area contributed by atoms with E-state index in [0.29, 0.717) is 22.8 Å². The predicted octanol–water partition coefficient (Wildman–Crippen LogP) is 4.55. The lowest BCUT2D eigenvalue weighted by Gasteiger charge is -2.38. The van der Waals surface area contributed by atoms with Gasteiger partial charge in [-0.15, -0.1) is 11.3 Å². The summed E-state index contributed by atoms with van der Waals surface area (Å²) in [4.78, 5) is 2.23. The van der Waals surface area contributed by atoms with Crippen LogP contribution < -0.4 is 19.7 Å². The van der Waals surface area contributed by atoms with E-state index in [-0.39, 0.29) is 4.21 Å². The minimum atomic E-state index is -3.72. The number of anilines is 2. The van der Waals surface area contributed by atoms with Crippen molar-refractivity contribution in [2.45, 2.75) is 30.1 Å². The lowest BCUT2D eigenvalue weighted by atomic mass is 10.1. The molecule has 2 heterocycles. The van der Waals surface area contributed by atoms with Crippen LogP contribution in [0.2, 0.25) is 5.02 Å². The van der Waals surface area contributed by atoms with E-state index in [9.17, 15) is 8.42 Å². The summed E-state index contributed by atoms with van der Waals surface area (Å²) in [7, 11) is -2.10. The normalized spacial score (nSPS) is 19.8. The number of thiophene rings is 1. The lowest BCUT2D eigenvalue weighted by Crippen LogP contribution is -2.54. The number of methoxy groups -OCH3 is 1. The molecule has 1 saturated heterocycles. The highest BCUT2D eigenvalue weighted by atomic mass is 35.5. The molecule has 2 N–H and O–H groups in total. The quantitative estimate of drug-likeness (QED) is 0.578. The number of sulfonamides is 1. The molecule has 0 radical (unpaired) electrons. The van der Waals surface area contributed by atoms with E-state index in [1.165, 1.54) is 11.3 Å². The molecular weight excluding hydrogens is 442 g/mol. The largest absolute Gasteiger partial charge is 0.495 e. The molecule has 0 spiro atoms. The highest BCUT2D eigenvalue weighted by Crippen LogP contribution is 2.35. The van der Waals surface area contributed by atoms with Gasteiger partial charge in [0.25, 0.3) is 10.0 Å². The van der Waals surface area contributed by atoms with Crippen LogP contribution in [-0.2, 0) is 10.0 Å².